The molecule has 1 unspecified atom stereocenters. The highest BCUT2D eigenvalue weighted by atomic mass is 16.5. The zero-order valence-corrected chi connectivity index (χ0v) is 12.0. The molecule has 0 fully saturated rings. The van der Waals surface area contributed by atoms with Gasteiger partial charge in [-0.1, -0.05) is 26.3 Å². The molecule has 1 aromatic rings. The minimum absolute atomic E-state index is 0.732. The number of hydrogen-bond acceptors (Lipinski definition) is 3. The summed E-state index contributed by atoms with van der Waals surface area (Å²) >= 11 is 0. The standard InChI is InChI=1S/C15H25NO2/c1-5-6-12(2)10-16-11-13-7-8-14(17-3)15(9-13)18-4/h7-9,12,16H,5-6,10-11H2,1-4H3. The molecule has 3 nitrogen and oxygen atoms in total. The predicted octanol–water partition coefficient (Wildman–Crippen LogP) is 3.23. The topological polar surface area (TPSA) is 30.5 Å². The lowest BCUT2D eigenvalue weighted by molar-refractivity contribution is 0.354. The molecule has 0 aliphatic heterocycles. The molecule has 0 radical (unpaired) electrons. The maximum Gasteiger partial charge on any atom is 0.161 e. The lowest BCUT2D eigenvalue weighted by Gasteiger charge is -2.13. The third-order valence-corrected chi connectivity index (χ3v) is 3.05. The Kier molecular flexibility index (Phi) is 6.58. The first-order chi connectivity index (χ1) is 8.71. The molecule has 0 heterocycles. The Balaban J connectivity index is 2.47. The Morgan fingerprint density at radius 2 is 1.89 bits per heavy atom. The fourth-order valence-corrected chi connectivity index (χ4v) is 2.05. The van der Waals surface area contributed by atoms with Gasteiger partial charge in [-0.15, -0.1) is 0 Å². The minimum atomic E-state index is 0.732. The average molecular weight is 251 g/mol. The Morgan fingerprint density at radius 3 is 2.50 bits per heavy atom. The van der Waals surface area contributed by atoms with Gasteiger partial charge in [0.25, 0.3) is 0 Å². The van der Waals surface area contributed by atoms with Crippen molar-refractivity contribution in [3.63, 3.8) is 0 Å². The van der Waals surface area contributed by atoms with Gasteiger partial charge in [-0.2, -0.15) is 0 Å². The van der Waals surface area contributed by atoms with Crippen LogP contribution in [0.5, 0.6) is 11.5 Å². The SMILES string of the molecule is CCCC(C)CNCc1ccc(OC)c(OC)c1. The maximum absolute atomic E-state index is 5.29. The largest absolute Gasteiger partial charge is 0.493 e. The van der Waals surface area contributed by atoms with E-state index in [1.807, 2.05) is 12.1 Å². The molecule has 1 atom stereocenters. The third kappa shape index (κ3) is 4.57. The first kappa shape index (κ1) is 14.8. The highest BCUT2D eigenvalue weighted by Gasteiger charge is 2.05. The van der Waals surface area contributed by atoms with Crippen LogP contribution in [0.2, 0.25) is 0 Å². The summed E-state index contributed by atoms with van der Waals surface area (Å²) in [4.78, 5) is 0. The van der Waals surface area contributed by atoms with Gasteiger partial charge in [-0.05, 0) is 36.6 Å². The number of benzene rings is 1. The minimum Gasteiger partial charge on any atom is -0.493 e. The predicted molar refractivity (Wildman–Crippen MR) is 75.3 cm³/mol. The molecule has 0 aromatic heterocycles. The van der Waals surface area contributed by atoms with Crippen molar-refractivity contribution in [2.75, 3.05) is 20.8 Å². The lowest BCUT2D eigenvalue weighted by Crippen LogP contribution is -2.20. The molecule has 3 heteroatoms. The summed E-state index contributed by atoms with van der Waals surface area (Å²) in [5.74, 6) is 2.30. The van der Waals surface area contributed by atoms with E-state index in [9.17, 15) is 0 Å². The van der Waals surface area contributed by atoms with Gasteiger partial charge in [0.2, 0.25) is 0 Å². The van der Waals surface area contributed by atoms with E-state index in [-0.39, 0.29) is 0 Å². The van der Waals surface area contributed by atoms with Crippen molar-refractivity contribution in [2.24, 2.45) is 5.92 Å². The Hall–Kier alpha value is -1.22. The smallest absolute Gasteiger partial charge is 0.161 e. The first-order valence-electron chi connectivity index (χ1n) is 6.62. The highest BCUT2D eigenvalue weighted by molar-refractivity contribution is 5.42. The van der Waals surface area contributed by atoms with Crippen LogP contribution in [0.3, 0.4) is 0 Å². The van der Waals surface area contributed by atoms with E-state index in [1.54, 1.807) is 14.2 Å². The molecule has 0 saturated carbocycles. The molecular weight excluding hydrogens is 226 g/mol. The van der Waals surface area contributed by atoms with E-state index in [1.165, 1.54) is 18.4 Å². The summed E-state index contributed by atoms with van der Waals surface area (Å²) in [6, 6.07) is 6.04. The molecule has 0 spiro atoms. The Morgan fingerprint density at radius 1 is 1.17 bits per heavy atom. The maximum atomic E-state index is 5.29. The monoisotopic (exact) mass is 251 g/mol. The van der Waals surface area contributed by atoms with Crippen LogP contribution in [0.25, 0.3) is 0 Å². The van der Waals surface area contributed by atoms with Crippen molar-refractivity contribution in [2.45, 2.75) is 33.2 Å². The molecule has 0 amide bonds. The van der Waals surface area contributed by atoms with Gasteiger partial charge in [0, 0.05) is 6.54 Å². The van der Waals surface area contributed by atoms with E-state index < -0.39 is 0 Å². The Labute approximate surface area is 110 Å². The molecule has 0 aliphatic rings. The summed E-state index contributed by atoms with van der Waals surface area (Å²) in [6.07, 6.45) is 2.53. The van der Waals surface area contributed by atoms with Crippen LogP contribution < -0.4 is 14.8 Å². The van der Waals surface area contributed by atoms with Gasteiger partial charge < -0.3 is 14.8 Å². The molecule has 102 valence electrons. The van der Waals surface area contributed by atoms with Gasteiger partial charge in [0.15, 0.2) is 11.5 Å². The van der Waals surface area contributed by atoms with Crippen LogP contribution in [0, 0.1) is 5.92 Å². The number of ether oxygens (including phenoxy) is 2. The second kappa shape index (κ2) is 7.98. The molecule has 0 aliphatic carbocycles. The Bertz CT molecular complexity index is 352. The van der Waals surface area contributed by atoms with Gasteiger partial charge in [-0.3, -0.25) is 0 Å². The zero-order chi connectivity index (χ0) is 13.4. The normalized spacial score (nSPS) is 12.2. The summed E-state index contributed by atoms with van der Waals surface area (Å²) in [5.41, 5.74) is 1.22. The van der Waals surface area contributed by atoms with Crippen molar-refractivity contribution < 1.29 is 9.47 Å². The molecule has 0 saturated heterocycles. The number of nitrogens with one attached hydrogen (secondary N) is 1. The van der Waals surface area contributed by atoms with E-state index in [0.29, 0.717) is 0 Å². The fraction of sp³-hybridized carbons (Fsp3) is 0.600. The molecule has 1 aromatic carbocycles. The summed E-state index contributed by atoms with van der Waals surface area (Å²) in [7, 11) is 3.32. The summed E-state index contributed by atoms with van der Waals surface area (Å²) in [6.45, 7) is 6.44. The number of methoxy groups -OCH3 is 2. The summed E-state index contributed by atoms with van der Waals surface area (Å²) in [5, 5.41) is 3.48. The number of hydrogen-bond donors (Lipinski definition) is 1. The van der Waals surface area contributed by atoms with Crippen molar-refractivity contribution in [1.29, 1.82) is 0 Å². The third-order valence-electron chi connectivity index (χ3n) is 3.05. The molecule has 18 heavy (non-hydrogen) atoms. The van der Waals surface area contributed by atoms with E-state index in [0.717, 1.165) is 30.5 Å². The second-order valence-corrected chi connectivity index (χ2v) is 4.71. The zero-order valence-electron chi connectivity index (χ0n) is 12.0. The van der Waals surface area contributed by atoms with Gasteiger partial charge in [0.1, 0.15) is 0 Å². The van der Waals surface area contributed by atoms with Crippen molar-refractivity contribution >= 4 is 0 Å². The van der Waals surface area contributed by atoms with Crippen LogP contribution >= 0.6 is 0 Å². The lowest BCUT2D eigenvalue weighted by atomic mass is 10.1. The molecule has 1 N–H and O–H groups in total. The quantitative estimate of drug-likeness (QED) is 0.769. The van der Waals surface area contributed by atoms with E-state index in [4.69, 9.17) is 9.47 Å². The van der Waals surface area contributed by atoms with Crippen LogP contribution in [0.1, 0.15) is 32.3 Å². The summed E-state index contributed by atoms with van der Waals surface area (Å²) < 4.78 is 10.5. The van der Waals surface area contributed by atoms with Crippen LogP contribution in [0.15, 0.2) is 18.2 Å². The fourth-order valence-electron chi connectivity index (χ4n) is 2.05. The van der Waals surface area contributed by atoms with Crippen molar-refractivity contribution in [3.8, 4) is 11.5 Å². The van der Waals surface area contributed by atoms with Gasteiger partial charge in [-0.25, -0.2) is 0 Å². The number of rotatable bonds is 8. The second-order valence-electron chi connectivity index (χ2n) is 4.71. The van der Waals surface area contributed by atoms with E-state index in [2.05, 4.69) is 25.2 Å². The van der Waals surface area contributed by atoms with Crippen LogP contribution in [-0.2, 0) is 6.54 Å². The van der Waals surface area contributed by atoms with Gasteiger partial charge in [0.05, 0.1) is 14.2 Å². The first-order valence-corrected chi connectivity index (χ1v) is 6.62. The van der Waals surface area contributed by atoms with E-state index >= 15 is 0 Å². The molecule has 0 bridgehead atoms. The van der Waals surface area contributed by atoms with Crippen molar-refractivity contribution in [1.82, 2.24) is 5.32 Å². The van der Waals surface area contributed by atoms with Crippen LogP contribution in [-0.4, -0.2) is 20.8 Å². The van der Waals surface area contributed by atoms with Crippen molar-refractivity contribution in [3.05, 3.63) is 23.8 Å². The average Bonchev–Trinajstić information content (AvgIpc) is 2.38. The highest BCUT2D eigenvalue weighted by Crippen LogP contribution is 2.27. The molecular formula is C15H25NO2. The van der Waals surface area contributed by atoms with Crippen LogP contribution in [0.4, 0.5) is 0 Å². The van der Waals surface area contributed by atoms with Gasteiger partial charge >= 0.3 is 0 Å². The molecule has 1 rings (SSSR count).